The first-order valence-corrected chi connectivity index (χ1v) is 10.0. The zero-order chi connectivity index (χ0) is 20.2. The van der Waals surface area contributed by atoms with E-state index in [1.165, 1.54) is 4.90 Å². The third-order valence-corrected chi connectivity index (χ3v) is 5.85. The monoisotopic (exact) mass is 387 g/mol. The van der Waals surface area contributed by atoms with Crippen LogP contribution >= 0.6 is 0 Å². The third kappa shape index (κ3) is 3.68. The molecule has 1 fully saturated rings. The molecule has 1 saturated heterocycles. The van der Waals surface area contributed by atoms with Crippen molar-refractivity contribution in [2.45, 2.75) is 11.8 Å². The maximum absolute atomic E-state index is 13.4. The molecular weight excluding hydrogens is 362 g/mol. The molecule has 0 N–H and O–H groups in total. The lowest BCUT2D eigenvalue weighted by molar-refractivity contribution is -0.140. The van der Waals surface area contributed by atoms with Gasteiger partial charge >= 0.3 is 0 Å². The highest BCUT2D eigenvalue weighted by Gasteiger charge is 2.54. The Balaban J connectivity index is 1.69. The van der Waals surface area contributed by atoms with Crippen LogP contribution in [0.4, 0.5) is 0 Å². The van der Waals surface area contributed by atoms with Crippen molar-refractivity contribution in [3.8, 4) is 0 Å². The normalized spacial score (nSPS) is 25.9. The van der Waals surface area contributed by atoms with Crippen LogP contribution in [0.5, 0.6) is 0 Å². The first-order chi connectivity index (χ1) is 14.2. The van der Waals surface area contributed by atoms with Gasteiger partial charge in [0.1, 0.15) is 0 Å². The fourth-order valence-corrected chi connectivity index (χ4v) is 4.54. The van der Waals surface area contributed by atoms with E-state index >= 15 is 0 Å². The summed E-state index contributed by atoms with van der Waals surface area (Å²) in [5.41, 5.74) is 2.13. The molecule has 0 saturated carbocycles. The lowest BCUT2D eigenvalue weighted by Crippen LogP contribution is -2.34. The minimum Gasteiger partial charge on any atom is -0.376 e. The van der Waals surface area contributed by atoms with Gasteiger partial charge < -0.3 is 4.74 Å². The van der Waals surface area contributed by atoms with Crippen LogP contribution in [0.1, 0.15) is 23.0 Å². The Labute approximate surface area is 171 Å². The van der Waals surface area contributed by atoms with E-state index in [-0.39, 0.29) is 42.0 Å². The Kier molecular flexibility index (Phi) is 5.72. The minimum atomic E-state index is -0.389. The van der Waals surface area contributed by atoms with Gasteiger partial charge in [0.05, 0.1) is 31.6 Å². The van der Waals surface area contributed by atoms with Crippen molar-refractivity contribution in [1.82, 2.24) is 4.90 Å². The number of hydrogen-bond acceptors (Lipinski definition) is 3. The van der Waals surface area contributed by atoms with Crippen LogP contribution in [0.25, 0.3) is 0 Å². The predicted octanol–water partition coefficient (Wildman–Crippen LogP) is 3.93. The fraction of sp³-hybridized carbons (Fsp3) is 0.280. The van der Waals surface area contributed by atoms with Gasteiger partial charge in [0.25, 0.3) is 0 Å². The number of amides is 2. The van der Waals surface area contributed by atoms with Crippen molar-refractivity contribution in [2.75, 3.05) is 19.8 Å². The molecule has 148 valence electrons. The van der Waals surface area contributed by atoms with Crippen molar-refractivity contribution >= 4 is 11.8 Å². The molecule has 1 heterocycles. The van der Waals surface area contributed by atoms with Gasteiger partial charge in [-0.3, -0.25) is 14.5 Å². The van der Waals surface area contributed by atoms with E-state index in [0.29, 0.717) is 13.2 Å². The molecule has 0 aromatic heterocycles. The molecule has 0 unspecified atom stereocenters. The highest BCUT2D eigenvalue weighted by atomic mass is 16.5. The highest BCUT2D eigenvalue weighted by molar-refractivity contribution is 6.06. The van der Waals surface area contributed by atoms with Gasteiger partial charge in [-0.05, 0) is 11.1 Å². The van der Waals surface area contributed by atoms with E-state index in [9.17, 15) is 9.59 Å². The van der Waals surface area contributed by atoms with Crippen LogP contribution in [0.15, 0.2) is 85.5 Å². The lowest BCUT2D eigenvalue weighted by atomic mass is 9.68. The van der Waals surface area contributed by atoms with Gasteiger partial charge in [-0.25, -0.2) is 0 Å². The Morgan fingerprint density at radius 3 is 1.76 bits per heavy atom. The zero-order valence-electron chi connectivity index (χ0n) is 16.3. The summed E-state index contributed by atoms with van der Waals surface area (Å²) < 4.78 is 5.44. The second kappa shape index (κ2) is 8.58. The number of nitrogens with zero attached hydrogens (tertiary/aromatic N) is 1. The van der Waals surface area contributed by atoms with Gasteiger partial charge in [0, 0.05) is 11.8 Å². The van der Waals surface area contributed by atoms with Crippen LogP contribution < -0.4 is 0 Å². The summed E-state index contributed by atoms with van der Waals surface area (Å²) in [5, 5.41) is 0. The van der Waals surface area contributed by atoms with Crippen LogP contribution in [0, 0.1) is 11.8 Å². The number of fused-ring (bicyclic) bond motifs is 1. The Bertz CT molecular complexity index is 839. The topological polar surface area (TPSA) is 46.6 Å². The molecule has 0 bridgehead atoms. The van der Waals surface area contributed by atoms with E-state index in [4.69, 9.17) is 4.74 Å². The van der Waals surface area contributed by atoms with Crippen LogP contribution in [0.3, 0.4) is 0 Å². The number of likely N-dealkylation sites (tertiary alicyclic amines) is 1. The fourth-order valence-electron chi connectivity index (χ4n) is 4.54. The summed E-state index contributed by atoms with van der Waals surface area (Å²) in [4.78, 5) is 28.1. The smallest absolute Gasteiger partial charge is 0.234 e. The second-order valence-corrected chi connectivity index (χ2v) is 7.50. The van der Waals surface area contributed by atoms with Gasteiger partial charge in [0.15, 0.2) is 0 Å². The molecule has 2 aliphatic rings. The Hall–Kier alpha value is -2.98. The number of ether oxygens (including phenoxy) is 1. The molecule has 4 atom stereocenters. The largest absolute Gasteiger partial charge is 0.376 e. The van der Waals surface area contributed by atoms with Gasteiger partial charge in [-0.15, -0.1) is 6.58 Å². The van der Waals surface area contributed by atoms with Crippen molar-refractivity contribution < 1.29 is 14.3 Å². The molecule has 1 aliphatic carbocycles. The van der Waals surface area contributed by atoms with Crippen molar-refractivity contribution in [3.63, 3.8) is 0 Å². The minimum absolute atomic E-state index is 0.0960. The van der Waals surface area contributed by atoms with Gasteiger partial charge in [-0.2, -0.15) is 0 Å². The molecule has 2 amide bonds. The number of carbonyl (C=O) groups is 2. The first-order valence-electron chi connectivity index (χ1n) is 10.0. The molecule has 4 nitrogen and oxygen atoms in total. The van der Waals surface area contributed by atoms with Crippen molar-refractivity contribution in [2.24, 2.45) is 11.8 Å². The standard InChI is InChI=1S/C25H25NO3/c1-2-16-29-17-15-26-24(27)22-20(18-9-5-3-6-10-18)13-14-21(23(22)25(26)28)19-11-7-4-8-12-19/h2-14,20-23H,1,15-17H2/t20-,21-,22-,23+/m0/s1. The Morgan fingerprint density at radius 1 is 0.828 bits per heavy atom. The number of hydrogen-bond donors (Lipinski definition) is 0. The molecule has 2 aromatic rings. The molecule has 0 radical (unpaired) electrons. The summed E-state index contributed by atoms with van der Waals surface area (Å²) in [6.07, 6.45) is 5.88. The number of benzene rings is 2. The van der Waals surface area contributed by atoms with Gasteiger partial charge in [0.2, 0.25) is 11.8 Å². The SMILES string of the molecule is C=CCOCCN1C(=O)[C@@H]2[C@H](C1=O)[C@H](c1ccccc1)C=C[C@H]2c1ccccc1. The summed E-state index contributed by atoms with van der Waals surface area (Å²) in [7, 11) is 0. The highest BCUT2D eigenvalue weighted by Crippen LogP contribution is 2.49. The van der Waals surface area contributed by atoms with Crippen molar-refractivity contribution in [1.29, 1.82) is 0 Å². The number of allylic oxidation sites excluding steroid dienone is 2. The summed E-state index contributed by atoms with van der Waals surface area (Å²) in [6, 6.07) is 20.0. The van der Waals surface area contributed by atoms with E-state index < -0.39 is 0 Å². The summed E-state index contributed by atoms with van der Waals surface area (Å²) in [5.74, 6) is -1.17. The van der Waals surface area contributed by atoms with Crippen molar-refractivity contribution in [3.05, 3.63) is 96.6 Å². The average molecular weight is 387 g/mol. The summed E-state index contributed by atoms with van der Waals surface area (Å²) >= 11 is 0. The molecular formula is C25H25NO3. The quantitative estimate of drug-likeness (QED) is 0.411. The molecule has 2 aromatic carbocycles. The van der Waals surface area contributed by atoms with E-state index in [0.717, 1.165) is 11.1 Å². The van der Waals surface area contributed by atoms with E-state index in [1.807, 2.05) is 60.7 Å². The maximum atomic E-state index is 13.4. The molecule has 4 heteroatoms. The number of carbonyl (C=O) groups excluding carboxylic acids is 2. The third-order valence-electron chi connectivity index (χ3n) is 5.85. The molecule has 29 heavy (non-hydrogen) atoms. The number of rotatable bonds is 7. The van der Waals surface area contributed by atoms with E-state index in [1.54, 1.807) is 6.08 Å². The van der Waals surface area contributed by atoms with Gasteiger partial charge in [-0.1, -0.05) is 78.9 Å². The van der Waals surface area contributed by atoms with Crippen LogP contribution in [-0.4, -0.2) is 36.5 Å². The second-order valence-electron chi connectivity index (χ2n) is 7.50. The summed E-state index contributed by atoms with van der Waals surface area (Å²) in [6.45, 7) is 4.63. The van der Waals surface area contributed by atoms with Crippen LogP contribution in [0.2, 0.25) is 0 Å². The first kappa shape index (κ1) is 19.3. The molecule has 1 aliphatic heterocycles. The molecule has 4 rings (SSSR count). The van der Waals surface area contributed by atoms with E-state index in [2.05, 4.69) is 18.7 Å². The predicted molar refractivity (Wildman–Crippen MR) is 112 cm³/mol. The Morgan fingerprint density at radius 2 is 1.31 bits per heavy atom. The maximum Gasteiger partial charge on any atom is 0.234 e. The number of imide groups is 1. The lowest BCUT2D eigenvalue weighted by Gasteiger charge is -2.32. The zero-order valence-corrected chi connectivity index (χ0v) is 16.3. The molecule has 0 spiro atoms. The average Bonchev–Trinajstić information content (AvgIpc) is 3.02. The van der Waals surface area contributed by atoms with Crippen LogP contribution in [-0.2, 0) is 14.3 Å².